The number of hydrogen-bond acceptors (Lipinski definition) is 13. The lowest BCUT2D eigenvalue weighted by molar-refractivity contribution is -0.452. The lowest BCUT2D eigenvalue weighted by Crippen LogP contribution is -2.69. The van der Waals surface area contributed by atoms with E-state index >= 15 is 0 Å². The second-order valence-corrected chi connectivity index (χ2v) is 8.73. The van der Waals surface area contributed by atoms with Crippen molar-refractivity contribution in [2.45, 2.75) is 36.9 Å². The summed E-state index contributed by atoms with van der Waals surface area (Å²) in [7, 11) is 0. The molecule has 214 valence electrons. The van der Waals surface area contributed by atoms with E-state index in [1.165, 1.54) is 72.8 Å². The van der Waals surface area contributed by atoms with Gasteiger partial charge in [0.25, 0.3) is 0 Å². The molecule has 1 unspecified atom stereocenters. The molecule has 13 heteroatoms. The number of rotatable bonds is 8. The van der Waals surface area contributed by atoms with E-state index in [1.807, 2.05) is 0 Å². The average molecular weight is 568 g/mol. The molecule has 3 aromatic carbocycles. The lowest BCUT2D eigenvalue weighted by atomic mass is 9.99. The van der Waals surface area contributed by atoms with Gasteiger partial charge in [-0.2, -0.15) is 0 Å². The monoisotopic (exact) mass is 568 g/mol. The molecule has 5 atom stereocenters. The molecule has 0 saturated carbocycles. The number of hydrogen-bond donors (Lipinski definition) is 4. The highest BCUT2D eigenvalue weighted by Gasteiger charge is 2.84. The minimum Gasteiger partial charge on any atom is -0.429 e. The molecule has 1 heterocycles. The molecular weight excluding hydrogens is 544 g/mol. The first-order valence-electron chi connectivity index (χ1n) is 12.0. The minimum atomic E-state index is -3.98. The molecule has 0 spiro atoms. The van der Waals surface area contributed by atoms with Crippen molar-refractivity contribution in [3.63, 3.8) is 0 Å². The summed E-state index contributed by atoms with van der Waals surface area (Å²) in [6.07, 6.45) is -5.27. The third-order valence-corrected chi connectivity index (χ3v) is 5.87. The molecule has 1 aliphatic heterocycles. The molecule has 1 saturated heterocycles. The summed E-state index contributed by atoms with van der Waals surface area (Å²) in [5.74, 6) is -16.9. The Kier molecular flexibility index (Phi) is 8.19. The highest BCUT2D eigenvalue weighted by atomic mass is 16.9. The van der Waals surface area contributed by atoms with Gasteiger partial charge in [-0.3, -0.25) is 9.53 Å². The van der Waals surface area contributed by atoms with Crippen molar-refractivity contribution < 1.29 is 63.3 Å². The first-order valence-corrected chi connectivity index (χ1v) is 12.0. The maximum Gasteiger partial charge on any atom is 0.404 e. The van der Waals surface area contributed by atoms with E-state index < -0.39 is 53.8 Å². The predicted octanol–water partition coefficient (Wildman–Crippen LogP) is 0.861. The molecule has 13 nitrogen and oxygen atoms in total. The lowest BCUT2D eigenvalue weighted by Gasteiger charge is -2.39. The number of carbonyl (C=O) groups is 4. The summed E-state index contributed by atoms with van der Waals surface area (Å²) in [4.78, 5) is 50.5. The number of aliphatic hydroxyl groups excluding tert-OH is 1. The first kappa shape index (κ1) is 29.3. The number of carbonyl (C=O) groups excluding carboxylic acids is 4. The van der Waals surface area contributed by atoms with E-state index in [0.29, 0.717) is 0 Å². The van der Waals surface area contributed by atoms with E-state index in [9.17, 15) is 39.6 Å². The van der Waals surface area contributed by atoms with Crippen LogP contribution in [0.1, 0.15) is 38.0 Å². The Morgan fingerprint density at radius 1 is 0.683 bits per heavy atom. The largest absolute Gasteiger partial charge is 0.429 e. The van der Waals surface area contributed by atoms with Crippen LogP contribution in [0.3, 0.4) is 0 Å². The summed E-state index contributed by atoms with van der Waals surface area (Å²) in [6.45, 7) is 0.759. The molecule has 1 aliphatic rings. The van der Waals surface area contributed by atoms with Crippen molar-refractivity contribution in [3.8, 4) is 0 Å². The van der Waals surface area contributed by atoms with E-state index in [0.717, 1.165) is 6.92 Å². The van der Waals surface area contributed by atoms with Crippen LogP contribution in [-0.4, -0.2) is 74.2 Å². The fourth-order valence-corrected chi connectivity index (χ4v) is 3.91. The van der Waals surface area contributed by atoms with Crippen molar-refractivity contribution in [2.75, 3.05) is 0 Å². The highest BCUT2D eigenvalue weighted by Crippen LogP contribution is 2.50. The number of ether oxygens (including phenoxy) is 5. The standard InChI is InChI=1S/C28H24O13/c1-17(29)38-28(36)27(35,41-24(32)20-15-9-4-10-16-20)26(34,40-23(31)19-13-7-3-8-14-19)21(39-28)25(33)37-22(30)18-11-5-2-6-12-18/h2-16,21,25,33-36H,1H3/t21-,25?,26+,27+,28-/m1/s1. The number of benzene rings is 3. The van der Waals surface area contributed by atoms with Crippen molar-refractivity contribution in [2.24, 2.45) is 0 Å². The average Bonchev–Trinajstić information content (AvgIpc) is 3.11. The van der Waals surface area contributed by atoms with Crippen molar-refractivity contribution in [1.29, 1.82) is 0 Å². The summed E-state index contributed by atoms with van der Waals surface area (Å²) in [6, 6.07) is 20.9. The van der Waals surface area contributed by atoms with Gasteiger partial charge in [-0.1, -0.05) is 54.6 Å². The summed E-state index contributed by atoms with van der Waals surface area (Å²) in [5.41, 5.74) is -0.521. The van der Waals surface area contributed by atoms with Gasteiger partial charge >= 0.3 is 41.4 Å². The zero-order chi connectivity index (χ0) is 29.8. The summed E-state index contributed by atoms with van der Waals surface area (Å²) in [5, 5.41) is 45.3. The highest BCUT2D eigenvalue weighted by molar-refractivity contribution is 5.91. The van der Waals surface area contributed by atoms with Gasteiger partial charge in [0.05, 0.1) is 16.7 Å². The molecule has 0 radical (unpaired) electrons. The van der Waals surface area contributed by atoms with E-state index in [-0.39, 0.29) is 16.7 Å². The van der Waals surface area contributed by atoms with Crippen LogP contribution in [0.2, 0.25) is 0 Å². The Bertz CT molecular complexity index is 1410. The van der Waals surface area contributed by atoms with Gasteiger partial charge in [-0.15, -0.1) is 0 Å². The second kappa shape index (κ2) is 11.4. The third-order valence-electron chi connectivity index (χ3n) is 5.87. The van der Waals surface area contributed by atoms with Crippen LogP contribution in [0.15, 0.2) is 91.0 Å². The Morgan fingerprint density at radius 2 is 1.10 bits per heavy atom. The van der Waals surface area contributed by atoms with E-state index in [4.69, 9.17) is 18.9 Å². The van der Waals surface area contributed by atoms with Gasteiger partial charge in [0.1, 0.15) is 0 Å². The van der Waals surface area contributed by atoms with Gasteiger partial charge in [0, 0.05) is 6.92 Å². The van der Waals surface area contributed by atoms with Crippen LogP contribution in [0.4, 0.5) is 0 Å². The van der Waals surface area contributed by atoms with Crippen molar-refractivity contribution in [3.05, 3.63) is 108 Å². The molecule has 1 fully saturated rings. The van der Waals surface area contributed by atoms with Gasteiger partial charge in [-0.05, 0) is 36.4 Å². The van der Waals surface area contributed by atoms with Crippen LogP contribution >= 0.6 is 0 Å². The first-order chi connectivity index (χ1) is 19.4. The molecule has 0 bridgehead atoms. The smallest absolute Gasteiger partial charge is 0.404 e. The van der Waals surface area contributed by atoms with Crippen LogP contribution < -0.4 is 0 Å². The normalized spacial score (nSPS) is 25.9. The van der Waals surface area contributed by atoms with Gasteiger partial charge in [-0.25, -0.2) is 14.4 Å². The molecule has 0 aromatic heterocycles. The summed E-state index contributed by atoms with van der Waals surface area (Å²) >= 11 is 0. The third kappa shape index (κ3) is 5.66. The van der Waals surface area contributed by atoms with E-state index in [2.05, 4.69) is 4.74 Å². The van der Waals surface area contributed by atoms with Gasteiger partial charge in [0.15, 0.2) is 6.10 Å². The SMILES string of the molecule is CC(=O)O[C@@]1(O)O[C@H](C(O)OC(=O)c2ccccc2)[C@](O)(OC(=O)c2ccccc2)[C@]1(O)OC(=O)c1ccccc1. The number of aliphatic hydroxyl groups is 4. The molecule has 4 rings (SSSR count). The van der Waals surface area contributed by atoms with Crippen LogP contribution in [0.5, 0.6) is 0 Å². The fourth-order valence-electron chi connectivity index (χ4n) is 3.91. The zero-order valence-corrected chi connectivity index (χ0v) is 21.3. The quantitative estimate of drug-likeness (QED) is 0.170. The molecule has 4 N–H and O–H groups in total. The molecule has 3 aromatic rings. The molecular formula is C28H24O13. The van der Waals surface area contributed by atoms with Crippen LogP contribution in [0.25, 0.3) is 0 Å². The maximum absolute atomic E-state index is 13.0. The molecule has 0 aliphatic carbocycles. The van der Waals surface area contributed by atoms with Crippen molar-refractivity contribution >= 4 is 23.9 Å². The van der Waals surface area contributed by atoms with Crippen molar-refractivity contribution in [1.82, 2.24) is 0 Å². The number of esters is 4. The topological polar surface area (TPSA) is 195 Å². The Balaban J connectivity index is 1.80. The zero-order valence-electron chi connectivity index (χ0n) is 21.3. The predicted molar refractivity (Wildman–Crippen MR) is 133 cm³/mol. The molecule has 41 heavy (non-hydrogen) atoms. The van der Waals surface area contributed by atoms with Crippen LogP contribution in [0, 0.1) is 0 Å². The van der Waals surface area contributed by atoms with E-state index in [1.54, 1.807) is 18.2 Å². The Hall–Kier alpha value is -4.66. The fraction of sp³-hybridized carbons (Fsp3) is 0.214. The second-order valence-electron chi connectivity index (χ2n) is 8.73. The van der Waals surface area contributed by atoms with Gasteiger partial charge in [0.2, 0.25) is 6.29 Å². The minimum absolute atomic E-state index is 0.0737. The van der Waals surface area contributed by atoms with Crippen LogP contribution in [-0.2, 0) is 28.5 Å². The molecule has 0 amide bonds. The van der Waals surface area contributed by atoms with Gasteiger partial charge < -0.3 is 39.4 Å². The maximum atomic E-state index is 13.0. The Labute approximate surface area is 232 Å². The Morgan fingerprint density at radius 3 is 1.54 bits per heavy atom. The summed E-state index contributed by atoms with van der Waals surface area (Å²) < 4.78 is 24.8.